The number of hydrogen-bond acceptors (Lipinski definition) is 4. The summed E-state index contributed by atoms with van der Waals surface area (Å²) in [5.74, 6) is -2.31. The molecule has 0 spiro atoms. The Balaban J connectivity index is 2.23. The van der Waals surface area contributed by atoms with Crippen LogP contribution in [0.3, 0.4) is 0 Å². The van der Waals surface area contributed by atoms with E-state index in [-0.39, 0.29) is 0 Å². The van der Waals surface area contributed by atoms with E-state index in [9.17, 15) is 9.59 Å². The maximum absolute atomic E-state index is 10.8. The summed E-state index contributed by atoms with van der Waals surface area (Å²) >= 11 is 0. The minimum Gasteiger partial charge on any atom is -0.479 e. The Morgan fingerprint density at radius 3 is 2.56 bits per heavy atom. The molecule has 1 saturated heterocycles. The number of allylic oxidation sites excluding steroid dienone is 2. The molecule has 6 heteroatoms. The van der Waals surface area contributed by atoms with Crippen LogP contribution >= 0.6 is 0 Å². The van der Waals surface area contributed by atoms with Gasteiger partial charge in [-0.2, -0.15) is 0 Å². The number of hydrogen-bond donors (Lipinski definition) is 2. The fourth-order valence-electron chi connectivity index (χ4n) is 1.65. The number of aliphatic carboxylic acids is 2. The molecule has 2 aliphatic rings. The fourth-order valence-corrected chi connectivity index (χ4v) is 1.65. The topological polar surface area (TPSA) is 93.1 Å². The highest BCUT2D eigenvalue weighted by molar-refractivity contribution is 5.84. The Hall–Kier alpha value is -1.82. The number of rotatable bonds is 2. The molecule has 0 bridgehead atoms. The molecule has 0 aromatic rings. The van der Waals surface area contributed by atoms with E-state index >= 15 is 0 Å². The van der Waals surface area contributed by atoms with E-state index in [1.54, 1.807) is 18.2 Å². The minimum absolute atomic E-state index is 0.368. The van der Waals surface area contributed by atoms with Crippen molar-refractivity contribution in [3.8, 4) is 0 Å². The van der Waals surface area contributed by atoms with Gasteiger partial charge in [0.05, 0.1) is 0 Å². The first kappa shape index (κ1) is 10.7. The molecule has 0 amide bonds. The van der Waals surface area contributed by atoms with E-state index in [1.165, 1.54) is 0 Å². The van der Waals surface area contributed by atoms with Gasteiger partial charge in [-0.3, -0.25) is 0 Å². The normalized spacial score (nSPS) is 32.2. The van der Waals surface area contributed by atoms with Crippen LogP contribution in [0.2, 0.25) is 0 Å². The quantitative estimate of drug-likeness (QED) is 0.696. The van der Waals surface area contributed by atoms with Gasteiger partial charge in [-0.1, -0.05) is 12.2 Å². The van der Waals surface area contributed by atoms with Gasteiger partial charge in [0.25, 0.3) is 0 Å². The molecule has 0 saturated carbocycles. The molecule has 3 atom stereocenters. The van der Waals surface area contributed by atoms with Gasteiger partial charge < -0.3 is 19.7 Å². The maximum atomic E-state index is 10.8. The predicted molar refractivity (Wildman–Crippen MR) is 50.6 cm³/mol. The van der Waals surface area contributed by atoms with Crippen molar-refractivity contribution >= 4 is 11.9 Å². The van der Waals surface area contributed by atoms with Crippen LogP contribution in [0, 0.1) is 0 Å². The molecule has 1 aliphatic heterocycles. The van der Waals surface area contributed by atoms with Gasteiger partial charge in [0.1, 0.15) is 11.9 Å². The number of fused-ring (bicyclic) bond motifs is 1. The second kappa shape index (κ2) is 3.97. The van der Waals surface area contributed by atoms with Gasteiger partial charge in [-0.15, -0.1) is 0 Å². The number of carboxylic acid groups (broad SMARTS) is 2. The van der Waals surface area contributed by atoms with E-state index in [0.29, 0.717) is 12.2 Å². The van der Waals surface area contributed by atoms with Crippen LogP contribution < -0.4 is 0 Å². The van der Waals surface area contributed by atoms with Crippen molar-refractivity contribution < 1.29 is 29.3 Å². The van der Waals surface area contributed by atoms with Crippen LogP contribution in [0.15, 0.2) is 24.0 Å². The van der Waals surface area contributed by atoms with Crippen molar-refractivity contribution in [1.82, 2.24) is 0 Å². The summed E-state index contributed by atoms with van der Waals surface area (Å²) in [6.45, 7) is 0. The van der Waals surface area contributed by atoms with E-state index in [1.807, 2.05) is 0 Å². The van der Waals surface area contributed by atoms with Gasteiger partial charge in [-0.25, -0.2) is 9.59 Å². The van der Waals surface area contributed by atoms with Crippen molar-refractivity contribution in [3.63, 3.8) is 0 Å². The first-order valence-electron chi connectivity index (χ1n) is 4.74. The van der Waals surface area contributed by atoms with Crippen molar-refractivity contribution in [2.24, 2.45) is 0 Å². The molecule has 6 nitrogen and oxygen atoms in total. The van der Waals surface area contributed by atoms with E-state index in [2.05, 4.69) is 0 Å². The van der Waals surface area contributed by atoms with E-state index in [0.717, 1.165) is 0 Å². The minimum atomic E-state index is -1.49. The number of carboxylic acids is 2. The van der Waals surface area contributed by atoms with Gasteiger partial charge in [0.15, 0.2) is 0 Å². The Bertz CT molecular complexity index is 383. The largest absolute Gasteiger partial charge is 0.479 e. The second-order valence-corrected chi connectivity index (χ2v) is 3.49. The summed E-state index contributed by atoms with van der Waals surface area (Å²) in [5, 5.41) is 17.7. The lowest BCUT2D eigenvalue weighted by Gasteiger charge is -2.35. The summed E-state index contributed by atoms with van der Waals surface area (Å²) in [6, 6.07) is 0. The Labute approximate surface area is 90.8 Å². The van der Waals surface area contributed by atoms with Crippen molar-refractivity contribution in [1.29, 1.82) is 0 Å². The zero-order valence-electron chi connectivity index (χ0n) is 8.20. The van der Waals surface area contributed by atoms with Crippen LogP contribution in [-0.2, 0) is 19.1 Å². The molecule has 3 unspecified atom stereocenters. The summed E-state index contributed by atoms with van der Waals surface area (Å²) in [5.41, 5.74) is 0. The monoisotopic (exact) mass is 226 g/mol. The highest BCUT2D eigenvalue weighted by Crippen LogP contribution is 2.28. The lowest BCUT2D eigenvalue weighted by Crippen LogP contribution is -2.50. The Kier molecular flexibility index (Phi) is 2.66. The zero-order valence-corrected chi connectivity index (χ0v) is 8.20. The SMILES string of the molecule is O=C(O)C1OC2=CC=CCC2OC1C(=O)O. The maximum Gasteiger partial charge on any atom is 0.348 e. The van der Waals surface area contributed by atoms with Crippen molar-refractivity contribution in [2.45, 2.75) is 24.7 Å². The first-order chi connectivity index (χ1) is 7.59. The molecule has 2 rings (SSSR count). The summed E-state index contributed by atoms with van der Waals surface area (Å²) < 4.78 is 10.3. The van der Waals surface area contributed by atoms with Crippen LogP contribution in [-0.4, -0.2) is 40.5 Å². The molecule has 0 radical (unpaired) electrons. The third-order valence-electron chi connectivity index (χ3n) is 2.40. The van der Waals surface area contributed by atoms with Gasteiger partial charge in [0.2, 0.25) is 12.2 Å². The lowest BCUT2D eigenvalue weighted by molar-refractivity contribution is -0.193. The van der Waals surface area contributed by atoms with Crippen molar-refractivity contribution in [2.75, 3.05) is 0 Å². The molecule has 86 valence electrons. The lowest BCUT2D eigenvalue weighted by atomic mass is 10.1. The molecule has 2 N–H and O–H groups in total. The number of ether oxygens (including phenoxy) is 2. The zero-order chi connectivity index (χ0) is 11.7. The van der Waals surface area contributed by atoms with Gasteiger partial charge in [0, 0.05) is 0 Å². The molecular formula is C10H10O6. The third-order valence-corrected chi connectivity index (χ3v) is 2.40. The number of carbonyl (C=O) groups is 2. The highest BCUT2D eigenvalue weighted by atomic mass is 16.6. The third kappa shape index (κ3) is 1.79. The second-order valence-electron chi connectivity index (χ2n) is 3.49. The summed E-state index contributed by atoms with van der Waals surface area (Å²) in [6.07, 6.45) is 2.14. The van der Waals surface area contributed by atoms with E-state index < -0.39 is 30.3 Å². The van der Waals surface area contributed by atoms with Crippen molar-refractivity contribution in [3.05, 3.63) is 24.0 Å². The highest BCUT2D eigenvalue weighted by Gasteiger charge is 2.44. The molecule has 1 heterocycles. The smallest absolute Gasteiger partial charge is 0.348 e. The first-order valence-corrected chi connectivity index (χ1v) is 4.74. The molecule has 1 fully saturated rings. The molecular weight excluding hydrogens is 216 g/mol. The Morgan fingerprint density at radius 2 is 1.94 bits per heavy atom. The van der Waals surface area contributed by atoms with Crippen LogP contribution in [0.5, 0.6) is 0 Å². The average Bonchev–Trinajstić information content (AvgIpc) is 2.27. The Morgan fingerprint density at radius 1 is 1.25 bits per heavy atom. The van der Waals surface area contributed by atoms with E-state index in [4.69, 9.17) is 19.7 Å². The van der Waals surface area contributed by atoms with Crippen LogP contribution in [0.25, 0.3) is 0 Å². The predicted octanol–water partition coefficient (Wildman–Crippen LogP) is 0.152. The fraction of sp³-hybridized carbons (Fsp3) is 0.400. The standard InChI is InChI=1S/C10H10O6/c11-9(12)7-8(10(13)14)16-6-4-2-1-3-5(6)15-7/h1-3,6-8H,4H2,(H,11,12)(H,13,14). The average molecular weight is 226 g/mol. The van der Waals surface area contributed by atoms with Crippen LogP contribution in [0.1, 0.15) is 6.42 Å². The summed E-state index contributed by atoms with van der Waals surface area (Å²) in [4.78, 5) is 21.7. The van der Waals surface area contributed by atoms with Gasteiger partial charge in [-0.05, 0) is 12.5 Å². The van der Waals surface area contributed by atoms with Crippen LogP contribution in [0.4, 0.5) is 0 Å². The van der Waals surface area contributed by atoms with Gasteiger partial charge >= 0.3 is 11.9 Å². The summed E-state index contributed by atoms with van der Waals surface area (Å²) in [7, 11) is 0. The molecule has 1 aliphatic carbocycles. The molecule has 16 heavy (non-hydrogen) atoms. The molecule has 0 aromatic carbocycles. The molecule has 0 aromatic heterocycles.